The van der Waals surface area contributed by atoms with Crippen LogP contribution in [0.25, 0.3) is 0 Å². The van der Waals surface area contributed by atoms with E-state index in [-0.39, 0.29) is 5.25 Å². The Bertz CT molecular complexity index is 379. The quantitative estimate of drug-likeness (QED) is 0.756. The van der Waals surface area contributed by atoms with Crippen molar-refractivity contribution in [1.82, 2.24) is 10.2 Å². The van der Waals surface area contributed by atoms with Gasteiger partial charge in [-0.25, -0.2) is 0 Å². The van der Waals surface area contributed by atoms with Crippen molar-refractivity contribution < 1.29 is 4.42 Å². The number of hydrogen-bond acceptors (Lipinski definition) is 5. The molecule has 0 bridgehead atoms. The molecule has 4 nitrogen and oxygen atoms in total. The van der Waals surface area contributed by atoms with Gasteiger partial charge in [-0.2, -0.15) is 5.26 Å². The normalized spacial score (nSPS) is 19.2. The SMILES string of the molecule is CC(C#N)Sc1nnc(C2CCCCC2)o1. The fourth-order valence-electron chi connectivity index (χ4n) is 1.96. The first-order chi connectivity index (χ1) is 7.79. The molecule has 0 amide bonds. The van der Waals surface area contributed by atoms with E-state index in [2.05, 4.69) is 16.3 Å². The van der Waals surface area contributed by atoms with Crippen molar-refractivity contribution in [2.75, 3.05) is 0 Å². The Morgan fingerprint density at radius 1 is 1.38 bits per heavy atom. The van der Waals surface area contributed by atoms with E-state index in [0.717, 1.165) is 18.7 Å². The Kier molecular flexibility index (Phi) is 3.83. The minimum atomic E-state index is -0.139. The predicted octanol–water partition coefficient (Wildman–Crippen LogP) is 3.12. The van der Waals surface area contributed by atoms with E-state index in [4.69, 9.17) is 9.68 Å². The number of thioether (sulfide) groups is 1. The summed E-state index contributed by atoms with van der Waals surface area (Å²) >= 11 is 1.33. The second-order valence-electron chi connectivity index (χ2n) is 4.13. The molecule has 0 radical (unpaired) electrons. The molecule has 1 aliphatic rings. The third-order valence-corrected chi connectivity index (χ3v) is 3.66. The average molecular weight is 237 g/mol. The second-order valence-corrected chi connectivity index (χ2v) is 5.42. The summed E-state index contributed by atoms with van der Waals surface area (Å²) < 4.78 is 5.59. The first-order valence-corrected chi connectivity index (χ1v) is 6.57. The highest BCUT2D eigenvalue weighted by molar-refractivity contribution is 7.99. The molecule has 1 fully saturated rings. The van der Waals surface area contributed by atoms with Crippen LogP contribution >= 0.6 is 11.8 Å². The van der Waals surface area contributed by atoms with Crippen LogP contribution in [0.5, 0.6) is 0 Å². The lowest BCUT2D eigenvalue weighted by atomic mass is 9.89. The van der Waals surface area contributed by atoms with Crippen LogP contribution in [-0.2, 0) is 0 Å². The number of nitriles is 1. The summed E-state index contributed by atoms with van der Waals surface area (Å²) in [6.07, 6.45) is 6.13. The highest BCUT2D eigenvalue weighted by atomic mass is 32.2. The van der Waals surface area contributed by atoms with E-state index in [1.54, 1.807) is 0 Å². The molecule has 0 spiro atoms. The van der Waals surface area contributed by atoms with Crippen molar-refractivity contribution in [3.8, 4) is 6.07 Å². The molecule has 1 aliphatic carbocycles. The Morgan fingerprint density at radius 2 is 2.12 bits per heavy atom. The van der Waals surface area contributed by atoms with Gasteiger partial charge in [0.25, 0.3) is 5.22 Å². The van der Waals surface area contributed by atoms with Gasteiger partial charge in [-0.05, 0) is 31.5 Å². The van der Waals surface area contributed by atoms with Crippen molar-refractivity contribution in [1.29, 1.82) is 5.26 Å². The number of nitrogens with zero attached hydrogens (tertiary/aromatic N) is 3. The molecule has 2 rings (SSSR count). The molecular weight excluding hydrogens is 222 g/mol. The van der Waals surface area contributed by atoms with Crippen LogP contribution in [-0.4, -0.2) is 15.4 Å². The predicted molar refractivity (Wildman–Crippen MR) is 61.1 cm³/mol. The highest BCUT2D eigenvalue weighted by Crippen LogP contribution is 2.33. The Morgan fingerprint density at radius 3 is 2.81 bits per heavy atom. The summed E-state index contributed by atoms with van der Waals surface area (Å²) in [5.74, 6) is 1.19. The first-order valence-electron chi connectivity index (χ1n) is 5.69. The smallest absolute Gasteiger partial charge is 0.277 e. The van der Waals surface area contributed by atoms with Gasteiger partial charge in [-0.1, -0.05) is 19.3 Å². The van der Waals surface area contributed by atoms with Crippen molar-refractivity contribution >= 4 is 11.8 Å². The molecule has 1 saturated carbocycles. The van der Waals surface area contributed by atoms with E-state index in [1.807, 2.05) is 6.92 Å². The van der Waals surface area contributed by atoms with Gasteiger partial charge < -0.3 is 4.42 Å². The molecule has 0 saturated heterocycles. The monoisotopic (exact) mass is 237 g/mol. The van der Waals surface area contributed by atoms with E-state index < -0.39 is 0 Å². The zero-order valence-corrected chi connectivity index (χ0v) is 10.2. The van der Waals surface area contributed by atoms with Crippen LogP contribution in [0.15, 0.2) is 9.64 Å². The molecule has 1 atom stereocenters. The zero-order chi connectivity index (χ0) is 11.4. The summed E-state index contributed by atoms with van der Waals surface area (Å²) in [5, 5.41) is 17.1. The largest absolute Gasteiger partial charge is 0.416 e. The van der Waals surface area contributed by atoms with Gasteiger partial charge in [0, 0.05) is 5.92 Å². The van der Waals surface area contributed by atoms with E-state index >= 15 is 0 Å². The topological polar surface area (TPSA) is 62.7 Å². The molecule has 5 heteroatoms. The van der Waals surface area contributed by atoms with Crippen molar-refractivity contribution in [3.63, 3.8) is 0 Å². The first kappa shape index (κ1) is 11.5. The lowest BCUT2D eigenvalue weighted by Crippen LogP contribution is -2.04. The molecule has 0 aromatic carbocycles. The molecule has 1 heterocycles. The fraction of sp³-hybridized carbons (Fsp3) is 0.727. The molecule has 16 heavy (non-hydrogen) atoms. The second kappa shape index (κ2) is 5.35. The van der Waals surface area contributed by atoms with E-state index in [1.165, 1.54) is 31.0 Å². The van der Waals surface area contributed by atoms with Gasteiger partial charge >= 0.3 is 0 Å². The van der Waals surface area contributed by atoms with Crippen molar-refractivity contribution in [2.24, 2.45) is 0 Å². The van der Waals surface area contributed by atoms with Gasteiger partial charge in [-0.3, -0.25) is 0 Å². The third kappa shape index (κ3) is 2.76. The summed E-state index contributed by atoms with van der Waals surface area (Å²) in [6, 6.07) is 2.14. The molecule has 0 N–H and O–H groups in total. The summed E-state index contributed by atoms with van der Waals surface area (Å²) in [7, 11) is 0. The maximum absolute atomic E-state index is 8.69. The Balaban J connectivity index is 1.98. The van der Waals surface area contributed by atoms with E-state index in [0.29, 0.717) is 11.1 Å². The van der Waals surface area contributed by atoms with Gasteiger partial charge in [-0.15, -0.1) is 10.2 Å². The third-order valence-electron chi connectivity index (χ3n) is 2.84. The van der Waals surface area contributed by atoms with Gasteiger partial charge in [0.05, 0.1) is 11.3 Å². The minimum absolute atomic E-state index is 0.139. The van der Waals surface area contributed by atoms with Gasteiger partial charge in [0.2, 0.25) is 5.89 Å². The summed E-state index contributed by atoms with van der Waals surface area (Å²) in [5.41, 5.74) is 0. The number of aromatic nitrogens is 2. The molecule has 1 unspecified atom stereocenters. The molecular formula is C11H15N3OS. The van der Waals surface area contributed by atoms with Crippen LogP contribution < -0.4 is 0 Å². The summed E-state index contributed by atoms with van der Waals surface area (Å²) in [6.45, 7) is 1.83. The minimum Gasteiger partial charge on any atom is -0.416 e. The number of hydrogen-bond donors (Lipinski definition) is 0. The average Bonchev–Trinajstić information content (AvgIpc) is 2.78. The fourth-order valence-corrected chi connectivity index (χ4v) is 2.54. The van der Waals surface area contributed by atoms with Crippen LogP contribution in [0.2, 0.25) is 0 Å². The Hall–Kier alpha value is -1.02. The number of rotatable bonds is 3. The standard InChI is InChI=1S/C11H15N3OS/c1-8(7-12)16-11-14-13-10(15-11)9-5-3-2-4-6-9/h8-9H,2-6H2,1H3. The van der Waals surface area contributed by atoms with Gasteiger partial charge in [0.15, 0.2) is 0 Å². The summed E-state index contributed by atoms with van der Waals surface area (Å²) in [4.78, 5) is 0. The highest BCUT2D eigenvalue weighted by Gasteiger charge is 2.21. The van der Waals surface area contributed by atoms with Crippen LogP contribution in [0.1, 0.15) is 50.8 Å². The van der Waals surface area contributed by atoms with E-state index in [9.17, 15) is 0 Å². The molecule has 1 aromatic rings. The lowest BCUT2D eigenvalue weighted by Gasteiger charge is -2.17. The lowest BCUT2D eigenvalue weighted by molar-refractivity contribution is 0.334. The Labute approximate surface area is 99.4 Å². The zero-order valence-electron chi connectivity index (χ0n) is 9.35. The molecule has 86 valence electrons. The van der Waals surface area contributed by atoms with Crippen LogP contribution in [0, 0.1) is 11.3 Å². The van der Waals surface area contributed by atoms with Crippen LogP contribution in [0.4, 0.5) is 0 Å². The van der Waals surface area contributed by atoms with Gasteiger partial charge in [0.1, 0.15) is 0 Å². The maximum atomic E-state index is 8.69. The molecule has 0 aliphatic heterocycles. The maximum Gasteiger partial charge on any atom is 0.277 e. The van der Waals surface area contributed by atoms with Crippen LogP contribution in [0.3, 0.4) is 0 Å². The van der Waals surface area contributed by atoms with Crippen molar-refractivity contribution in [2.45, 2.75) is 55.4 Å². The van der Waals surface area contributed by atoms with Crippen molar-refractivity contribution in [3.05, 3.63) is 5.89 Å². The molecule has 1 aromatic heterocycles.